The Balaban J connectivity index is 1.18. The molecule has 4 nitrogen and oxygen atoms in total. The summed E-state index contributed by atoms with van der Waals surface area (Å²) in [6, 6.07) is 29.1. The Bertz CT molecular complexity index is 3660. The maximum atomic E-state index is 9.31. The van der Waals surface area contributed by atoms with Gasteiger partial charge in [-0.1, -0.05) is 144 Å². The number of hydrogen-bond acceptors (Lipinski definition) is 3. The molecule has 0 N–H and O–H groups in total. The molecule has 1 aliphatic heterocycles. The van der Waals surface area contributed by atoms with E-state index in [0.717, 1.165) is 61.4 Å². The summed E-state index contributed by atoms with van der Waals surface area (Å²) in [4.78, 5) is 9.11. The van der Waals surface area contributed by atoms with E-state index in [0.29, 0.717) is 33.5 Å². The van der Waals surface area contributed by atoms with Gasteiger partial charge in [-0.3, -0.25) is 4.57 Å². The minimum Gasteiger partial charge on any atom is -0.321 e. The largest absolute Gasteiger partial charge is 0.321 e. The molecule has 0 spiro atoms. The molecular weight excluding hydrogens is 765 g/mol. The van der Waals surface area contributed by atoms with Crippen LogP contribution in [0.5, 0.6) is 0 Å². The minimum atomic E-state index is -0.534. The van der Waals surface area contributed by atoms with Crippen LogP contribution in [0.2, 0.25) is 0 Å². The van der Waals surface area contributed by atoms with E-state index in [1.165, 1.54) is 5.56 Å². The maximum Gasteiger partial charge on any atom is 0.137 e. The number of nitrogens with zero attached hydrogens (tertiary/aromatic N) is 4. The molecule has 0 unspecified atom stereocenters. The highest BCUT2D eigenvalue weighted by Crippen LogP contribution is 2.53. The van der Waals surface area contributed by atoms with Gasteiger partial charge in [0.2, 0.25) is 0 Å². The van der Waals surface area contributed by atoms with Crippen LogP contribution in [0, 0.1) is 27.7 Å². The molecule has 1 aliphatic rings. The lowest BCUT2D eigenvalue weighted by Gasteiger charge is -2.31. The third-order valence-corrected chi connectivity index (χ3v) is 13.2. The fraction of sp³-hybridized carbons (Fsp3) is 0.203. The highest BCUT2D eigenvalue weighted by Gasteiger charge is 2.34. The summed E-state index contributed by atoms with van der Waals surface area (Å²) in [6.45, 7) is 18.9. The molecule has 7 aromatic carbocycles. The zero-order valence-corrected chi connectivity index (χ0v) is 37.3. The second-order valence-electron chi connectivity index (χ2n) is 18.4. The minimum absolute atomic E-state index is 0.0422. The normalized spacial score (nSPS) is 15.3. The Labute approximate surface area is 387 Å². The fourth-order valence-electron chi connectivity index (χ4n) is 9.45. The van der Waals surface area contributed by atoms with Gasteiger partial charge in [0.25, 0.3) is 0 Å². The number of benzene rings is 7. The van der Waals surface area contributed by atoms with Crippen molar-refractivity contribution in [3.63, 3.8) is 0 Å². The van der Waals surface area contributed by atoms with E-state index in [1.807, 2.05) is 56.1 Å². The SMILES string of the molecule is [2H]c1c([2H])c([2H])c(-c2c(C)c(C)c(C)c(-c3c([2H])c([2H])c([2H])c([2H])c3[2H])c2N2CN(c3cc(C)cc(C(C)(C)c4ccc5c6ccccc6n(-c6cc(C(C)(C)C)ccn6)c5c4)c3)c3ccccc32)c([2H])c1[2H]. The van der Waals surface area contributed by atoms with Crippen molar-refractivity contribution >= 4 is 44.6 Å². The predicted octanol–water partition coefficient (Wildman–Crippen LogP) is 15.6. The average molecular weight is 831 g/mol. The Morgan fingerprint density at radius 1 is 0.540 bits per heavy atom. The van der Waals surface area contributed by atoms with Gasteiger partial charge in [0.15, 0.2) is 0 Å². The van der Waals surface area contributed by atoms with Crippen LogP contribution in [0.1, 0.15) is 87.3 Å². The molecule has 0 saturated carbocycles. The molecule has 0 atom stereocenters. The van der Waals surface area contributed by atoms with Gasteiger partial charge in [-0.25, -0.2) is 4.98 Å². The predicted molar refractivity (Wildman–Crippen MR) is 268 cm³/mol. The number of pyridine rings is 1. The molecule has 63 heavy (non-hydrogen) atoms. The first-order valence-electron chi connectivity index (χ1n) is 26.5. The van der Waals surface area contributed by atoms with Crippen molar-refractivity contribution in [2.24, 2.45) is 0 Å². The van der Waals surface area contributed by atoms with E-state index in [4.69, 9.17) is 13.2 Å². The Morgan fingerprint density at radius 3 is 1.79 bits per heavy atom. The van der Waals surface area contributed by atoms with Crippen LogP contribution in [-0.4, -0.2) is 16.2 Å². The van der Waals surface area contributed by atoms with Crippen LogP contribution < -0.4 is 9.80 Å². The third kappa shape index (κ3) is 6.71. The molecule has 0 radical (unpaired) electrons. The zero-order chi connectivity index (χ0) is 52.5. The molecule has 0 amide bonds. The van der Waals surface area contributed by atoms with Gasteiger partial charge in [0, 0.05) is 39.2 Å². The first kappa shape index (κ1) is 30.2. The molecule has 9 aromatic rings. The Kier molecular flexibility index (Phi) is 7.27. The van der Waals surface area contributed by atoms with Gasteiger partial charge in [-0.05, 0) is 132 Å². The third-order valence-electron chi connectivity index (χ3n) is 13.2. The van der Waals surface area contributed by atoms with Gasteiger partial charge in [-0.2, -0.15) is 0 Å². The number of fused-ring (bicyclic) bond motifs is 4. The van der Waals surface area contributed by atoms with Crippen molar-refractivity contribution in [2.75, 3.05) is 16.5 Å². The monoisotopic (exact) mass is 831 g/mol. The zero-order valence-electron chi connectivity index (χ0n) is 47.3. The number of aryl methyl sites for hydroxylation is 1. The summed E-state index contributed by atoms with van der Waals surface area (Å²) in [5, 5.41) is 2.27. The molecule has 0 saturated heterocycles. The van der Waals surface area contributed by atoms with Gasteiger partial charge in [-0.15, -0.1) is 0 Å². The molecule has 3 heterocycles. The van der Waals surface area contributed by atoms with E-state index in [2.05, 4.69) is 124 Å². The lowest BCUT2D eigenvalue weighted by molar-refractivity contribution is 0.588. The standard InChI is InChI=1S/C59H56N4/c1-38-32-46(59(8,9)45-28-29-49-48-24-16-17-25-50(48)63(53(49)35-45)54-36-44(30-31-60-54)58(5,6)7)34-47(33-38)61-37-62(52-27-19-18-26-51(52)61)57-55(42-20-12-10-13-21-42)40(3)39(2)41(4)56(57)43-22-14-11-15-23-43/h10-36H,37H2,1-9H3/i10D,11D,12D,13D,14D,15D,20D,21D,22D,23D. The lowest BCUT2D eigenvalue weighted by Crippen LogP contribution is -2.26. The van der Waals surface area contributed by atoms with Crippen LogP contribution in [0.15, 0.2) is 164 Å². The van der Waals surface area contributed by atoms with E-state index < -0.39 is 65.8 Å². The average Bonchev–Trinajstić information content (AvgIpc) is 3.92. The molecular formula is C59H56N4. The van der Waals surface area contributed by atoms with E-state index in [-0.39, 0.29) is 23.2 Å². The van der Waals surface area contributed by atoms with Crippen molar-refractivity contribution in [3.05, 3.63) is 203 Å². The van der Waals surface area contributed by atoms with Crippen LogP contribution in [-0.2, 0) is 10.8 Å². The summed E-state index contributed by atoms with van der Waals surface area (Å²) in [5.41, 5.74) is 11.2. The summed E-state index contributed by atoms with van der Waals surface area (Å²) in [7, 11) is 0. The van der Waals surface area contributed by atoms with Gasteiger partial charge >= 0.3 is 0 Å². The first-order valence-corrected chi connectivity index (χ1v) is 21.5. The summed E-state index contributed by atoms with van der Waals surface area (Å²) in [5.74, 6) is 0.854. The van der Waals surface area contributed by atoms with Crippen molar-refractivity contribution in [3.8, 4) is 28.1 Å². The highest BCUT2D eigenvalue weighted by molar-refractivity contribution is 6.09. The summed E-state index contributed by atoms with van der Waals surface area (Å²) < 4.78 is 91.7. The number of para-hydroxylation sites is 3. The second-order valence-corrected chi connectivity index (χ2v) is 18.4. The number of rotatable bonds is 7. The molecule has 0 fully saturated rings. The highest BCUT2D eigenvalue weighted by atomic mass is 15.4. The molecule has 312 valence electrons. The molecule has 10 rings (SSSR count). The number of hydrogen-bond donors (Lipinski definition) is 0. The van der Waals surface area contributed by atoms with Gasteiger partial charge in [0.1, 0.15) is 12.5 Å². The van der Waals surface area contributed by atoms with Crippen molar-refractivity contribution in [1.29, 1.82) is 0 Å². The molecule has 4 heteroatoms. The van der Waals surface area contributed by atoms with Crippen LogP contribution >= 0.6 is 0 Å². The topological polar surface area (TPSA) is 24.3 Å². The number of aromatic nitrogens is 2. The quantitative estimate of drug-likeness (QED) is 0.160. The van der Waals surface area contributed by atoms with Crippen LogP contribution in [0.4, 0.5) is 22.7 Å². The van der Waals surface area contributed by atoms with E-state index in [9.17, 15) is 5.48 Å². The summed E-state index contributed by atoms with van der Waals surface area (Å²) in [6.07, 6.45) is 1.89. The van der Waals surface area contributed by atoms with Crippen LogP contribution in [0.3, 0.4) is 0 Å². The maximum absolute atomic E-state index is 9.31. The fourth-order valence-corrected chi connectivity index (χ4v) is 9.45. The molecule has 0 bridgehead atoms. The first-order chi connectivity index (χ1) is 34.4. The van der Waals surface area contributed by atoms with Crippen LogP contribution in [0.25, 0.3) is 49.9 Å². The number of anilines is 4. The lowest BCUT2D eigenvalue weighted by atomic mass is 9.77. The van der Waals surface area contributed by atoms with Gasteiger partial charge in [0.05, 0.1) is 41.8 Å². The van der Waals surface area contributed by atoms with Crippen molar-refractivity contribution in [1.82, 2.24) is 9.55 Å². The van der Waals surface area contributed by atoms with Crippen molar-refractivity contribution in [2.45, 2.75) is 73.1 Å². The smallest absolute Gasteiger partial charge is 0.137 e. The van der Waals surface area contributed by atoms with E-state index >= 15 is 0 Å². The van der Waals surface area contributed by atoms with Gasteiger partial charge < -0.3 is 9.80 Å². The second kappa shape index (κ2) is 15.2. The molecule has 2 aromatic heterocycles. The Morgan fingerprint density at radius 2 is 1.14 bits per heavy atom. The van der Waals surface area contributed by atoms with Crippen molar-refractivity contribution < 1.29 is 13.7 Å². The Hall–Kier alpha value is -6.91. The van der Waals surface area contributed by atoms with E-state index in [1.54, 1.807) is 0 Å². The molecule has 0 aliphatic carbocycles. The summed E-state index contributed by atoms with van der Waals surface area (Å²) >= 11 is 0.